The van der Waals surface area contributed by atoms with Crippen molar-refractivity contribution in [2.45, 2.75) is 18.4 Å². The van der Waals surface area contributed by atoms with Crippen molar-refractivity contribution in [3.05, 3.63) is 41.3 Å². The molecule has 3 rings (SSSR count). The molecular formula is C17H22ClN5O3S. The molecular weight excluding hydrogens is 390 g/mol. The summed E-state index contributed by atoms with van der Waals surface area (Å²) >= 11 is 5.85. The highest BCUT2D eigenvalue weighted by Crippen LogP contribution is 2.18. The third kappa shape index (κ3) is 4.42. The van der Waals surface area contributed by atoms with Gasteiger partial charge in [-0.2, -0.15) is 4.31 Å². The van der Waals surface area contributed by atoms with E-state index in [1.807, 2.05) is 0 Å². The highest BCUT2D eigenvalue weighted by Gasteiger charge is 2.30. The van der Waals surface area contributed by atoms with Crippen molar-refractivity contribution < 1.29 is 13.2 Å². The van der Waals surface area contributed by atoms with Crippen molar-refractivity contribution >= 4 is 33.3 Å². The SMILES string of the molecule is Cc1nc(S(=O)(=O)N2CCCN(C(=O)Nc3ccc(Cl)cc3)CC2)cn1C. The molecule has 0 atom stereocenters. The van der Waals surface area contributed by atoms with Gasteiger partial charge in [0.1, 0.15) is 5.82 Å². The van der Waals surface area contributed by atoms with Crippen molar-refractivity contribution in [3.63, 3.8) is 0 Å². The normalized spacial score (nSPS) is 16.2. The second-order valence-electron chi connectivity index (χ2n) is 6.42. The zero-order valence-corrected chi connectivity index (χ0v) is 16.8. The van der Waals surface area contributed by atoms with Crippen molar-refractivity contribution in [1.29, 1.82) is 0 Å². The lowest BCUT2D eigenvalue weighted by Gasteiger charge is -2.21. The summed E-state index contributed by atoms with van der Waals surface area (Å²) < 4.78 is 28.7. The molecule has 146 valence electrons. The molecule has 0 unspecified atom stereocenters. The predicted octanol–water partition coefficient (Wildman–Crippen LogP) is 2.31. The van der Waals surface area contributed by atoms with Gasteiger partial charge in [-0.15, -0.1) is 0 Å². The number of rotatable bonds is 3. The topological polar surface area (TPSA) is 87.5 Å². The van der Waals surface area contributed by atoms with Crippen molar-refractivity contribution in [1.82, 2.24) is 18.8 Å². The monoisotopic (exact) mass is 411 g/mol. The molecule has 1 fully saturated rings. The first-order valence-electron chi connectivity index (χ1n) is 8.59. The summed E-state index contributed by atoms with van der Waals surface area (Å²) in [5, 5.41) is 3.44. The zero-order valence-electron chi connectivity index (χ0n) is 15.2. The van der Waals surface area contributed by atoms with E-state index in [2.05, 4.69) is 10.3 Å². The van der Waals surface area contributed by atoms with Gasteiger partial charge >= 0.3 is 6.03 Å². The van der Waals surface area contributed by atoms with Gasteiger partial charge in [0.15, 0.2) is 5.03 Å². The quantitative estimate of drug-likeness (QED) is 0.839. The van der Waals surface area contributed by atoms with Gasteiger partial charge in [0, 0.05) is 50.1 Å². The minimum atomic E-state index is -3.67. The number of sulfonamides is 1. The fourth-order valence-electron chi connectivity index (χ4n) is 2.86. The van der Waals surface area contributed by atoms with E-state index >= 15 is 0 Å². The summed E-state index contributed by atoms with van der Waals surface area (Å²) in [6, 6.07) is 6.58. The number of aryl methyl sites for hydroxylation is 2. The maximum absolute atomic E-state index is 12.8. The van der Waals surface area contributed by atoms with Crippen LogP contribution in [0.3, 0.4) is 0 Å². The Morgan fingerprint density at radius 3 is 2.48 bits per heavy atom. The molecule has 2 heterocycles. The molecule has 1 N–H and O–H groups in total. The predicted molar refractivity (Wildman–Crippen MR) is 103 cm³/mol. The fourth-order valence-corrected chi connectivity index (χ4v) is 4.48. The summed E-state index contributed by atoms with van der Waals surface area (Å²) in [6.45, 7) is 3.12. The van der Waals surface area contributed by atoms with E-state index in [1.165, 1.54) is 10.5 Å². The Labute approximate surface area is 163 Å². The van der Waals surface area contributed by atoms with Crippen LogP contribution in [0.25, 0.3) is 0 Å². The van der Waals surface area contributed by atoms with Crippen LogP contribution < -0.4 is 5.32 Å². The van der Waals surface area contributed by atoms with Gasteiger partial charge in [-0.1, -0.05) is 11.6 Å². The van der Waals surface area contributed by atoms with Crippen LogP contribution >= 0.6 is 11.6 Å². The molecule has 27 heavy (non-hydrogen) atoms. The summed E-state index contributed by atoms with van der Waals surface area (Å²) in [5.41, 5.74) is 0.641. The second kappa shape index (κ2) is 7.87. The number of halogens is 1. The van der Waals surface area contributed by atoms with Gasteiger partial charge in [0.25, 0.3) is 10.0 Å². The first-order valence-corrected chi connectivity index (χ1v) is 10.4. The van der Waals surface area contributed by atoms with Gasteiger partial charge in [-0.05, 0) is 37.6 Å². The van der Waals surface area contributed by atoms with Crippen molar-refractivity contribution in [2.75, 3.05) is 31.5 Å². The first-order chi connectivity index (χ1) is 12.8. The number of aromatic nitrogens is 2. The fraction of sp³-hybridized carbons (Fsp3) is 0.412. The Bertz CT molecular complexity index is 907. The number of hydrogen-bond acceptors (Lipinski definition) is 4. The zero-order chi connectivity index (χ0) is 19.6. The molecule has 0 bridgehead atoms. The number of urea groups is 1. The van der Waals surface area contributed by atoms with E-state index in [-0.39, 0.29) is 17.6 Å². The third-order valence-corrected chi connectivity index (χ3v) is 6.55. The van der Waals surface area contributed by atoms with E-state index in [4.69, 9.17) is 11.6 Å². The molecule has 10 heteroatoms. The standard InChI is InChI=1S/C17H22ClN5O3S/c1-13-19-16(12-21(13)2)27(25,26)23-9-3-8-22(10-11-23)17(24)20-15-6-4-14(18)5-7-15/h4-7,12H,3,8-11H2,1-2H3,(H,20,24). The van der Waals surface area contributed by atoms with Crippen LogP contribution in [0.5, 0.6) is 0 Å². The Morgan fingerprint density at radius 2 is 1.85 bits per heavy atom. The summed E-state index contributed by atoms with van der Waals surface area (Å²) in [4.78, 5) is 18.2. The lowest BCUT2D eigenvalue weighted by molar-refractivity contribution is 0.214. The Hall–Kier alpha value is -2.10. The molecule has 2 aromatic rings. The Balaban J connectivity index is 1.66. The van der Waals surface area contributed by atoms with Crippen molar-refractivity contribution in [3.8, 4) is 0 Å². The van der Waals surface area contributed by atoms with E-state index in [0.717, 1.165) is 0 Å². The molecule has 1 aliphatic heterocycles. The summed E-state index contributed by atoms with van der Waals surface area (Å²) in [6.07, 6.45) is 2.07. The Morgan fingerprint density at radius 1 is 1.15 bits per heavy atom. The molecule has 8 nitrogen and oxygen atoms in total. The van der Waals surface area contributed by atoms with Gasteiger partial charge in [-0.3, -0.25) is 0 Å². The molecule has 0 aliphatic carbocycles. The van der Waals surface area contributed by atoms with E-state index < -0.39 is 10.0 Å². The maximum Gasteiger partial charge on any atom is 0.321 e. The highest BCUT2D eigenvalue weighted by atomic mass is 35.5. The second-order valence-corrected chi connectivity index (χ2v) is 8.74. The summed E-state index contributed by atoms with van der Waals surface area (Å²) in [5.74, 6) is 0.632. The van der Waals surface area contributed by atoms with Crippen LogP contribution in [0.1, 0.15) is 12.2 Å². The third-order valence-electron chi connectivity index (χ3n) is 4.53. The van der Waals surface area contributed by atoms with Crippen LogP contribution in [0.15, 0.2) is 35.5 Å². The number of benzene rings is 1. The number of imidazole rings is 1. The maximum atomic E-state index is 12.8. The summed E-state index contributed by atoms with van der Waals surface area (Å²) in [7, 11) is -1.91. The van der Waals surface area contributed by atoms with Crippen LogP contribution in [0, 0.1) is 6.92 Å². The van der Waals surface area contributed by atoms with E-state index in [1.54, 1.807) is 47.7 Å². The van der Waals surface area contributed by atoms with E-state index in [0.29, 0.717) is 42.6 Å². The van der Waals surface area contributed by atoms with Crippen molar-refractivity contribution in [2.24, 2.45) is 7.05 Å². The lowest BCUT2D eigenvalue weighted by atomic mass is 10.3. The molecule has 2 amide bonds. The highest BCUT2D eigenvalue weighted by molar-refractivity contribution is 7.89. The molecule has 0 radical (unpaired) electrons. The molecule has 1 aromatic carbocycles. The average molecular weight is 412 g/mol. The largest absolute Gasteiger partial charge is 0.337 e. The lowest BCUT2D eigenvalue weighted by Crippen LogP contribution is -2.39. The van der Waals surface area contributed by atoms with Gasteiger partial charge in [0.2, 0.25) is 0 Å². The average Bonchev–Trinajstić information content (AvgIpc) is 2.84. The number of nitrogens with zero attached hydrogens (tertiary/aromatic N) is 4. The first kappa shape index (κ1) is 19.7. The van der Waals surface area contributed by atoms with Gasteiger partial charge in [-0.25, -0.2) is 18.2 Å². The Kier molecular flexibility index (Phi) is 5.73. The molecule has 1 saturated heterocycles. The number of carbonyl (C=O) groups is 1. The minimum Gasteiger partial charge on any atom is -0.337 e. The molecule has 0 spiro atoms. The van der Waals surface area contributed by atoms with Crippen LogP contribution in [0.4, 0.5) is 10.5 Å². The van der Waals surface area contributed by atoms with Crippen LogP contribution in [-0.4, -0.2) is 59.4 Å². The number of hydrogen-bond donors (Lipinski definition) is 1. The molecule has 1 aromatic heterocycles. The van der Waals surface area contributed by atoms with Gasteiger partial charge in [0.05, 0.1) is 0 Å². The number of amides is 2. The van der Waals surface area contributed by atoms with Crippen LogP contribution in [0.2, 0.25) is 5.02 Å². The molecule has 0 saturated carbocycles. The number of anilines is 1. The van der Waals surface area contributed by atoms with E-state index in [9.17, 15) is 13.2 Å². The number of carbonyl (C=O) groups excluding carboxylic acids is 1. The van der Waals surface area contributed by atoms with Gasteiger partial charge < -0.3 is 14.8 Å². The van der Waals surface area contributed by atoms with Crippen LogP contribution in [-0.2, 0) is 17.1 Å². The number of nitrogens with one attached hydrogen (secondary N) is 1. The smallest absolute Gasteiger partial charge is 0.321 e. The molecule has 1 aliphatic rings. The minimum absolute atomic E-state index is 0.0431.